The molecular weight excluding hydrogens is 325 g/mol. The first kappa shape index (κ1) is 12.5. The monoisotopic (exact) mass is 361 g/mol. The van der Waals surface area contributed by atoms with Crippen molar-refractivity contribution in [3.63, 3.8) is 0 Å². The van der Waals surface area contributed by atoms with Gasteiger partial charge in [-0.05, 0) is 58.9 Å². The van der Waals surface area contributed by atoms with Gasteiger partial charge >= 0.3 is 25.7 Å². The summed E-state index contributed by atoms with van der Waals surface area (Å²) >= 11 is 0. The zero-order valence-corrected chi connectivity index (χ0v) is 18.6. The SMILES string of the molecule is [2H]C([2H])([2H])[Si](C)(C)O[Si](C)(C)O[Si](C)(C)O[Si](C)(C)O[Si]([2H])([2H])C. The standard InChI is InChI=1S/C10H32O4Si5/c1-15-11-17(5,6)13-19(9,10)14-18(7,8)12-16(2,3)4/h15H2,1-10H3/i2D3,15D2. The summed E-state index contributed by atoms with van der Waals surface area (Å²) in [7, 11) is -14.2. The number of hydrogen-bond acceptors (Lipinski definition) is 4. The summed E-state index contributed by atoms with van der Waals surface area (Å²) in [4.78, 5) is 0. The van der Waals surface area contributed by atoms with Crippen LogP contribution in [-0.2, 0) is 16.5 Å². The second kappa shape index (κ2) is 6.79. The highest BCUT2D eigenvalue weighted by Crippen LogP contribution is 2.23. The summed E-state index contributed by atoms with van der Waals surface area (Å²) in [5.74, 6) is 0. The second-order valence-corrected chi connectivity index (χ2v) is 21.4. The van der Waals surface area contributed by atoms with Crippen molar-refractivity contribution in [1.29, 1.82) is 2.47 Å². The smallest absolute Gasteiger partial charge is 0.314 e. The molecule has 0 aromatic rings. The molecule has 0 saturated heterocycles. The van der Waals surface area contributed by atoms with E-state index in [0.29, 0.717) is 0 Å². The van der Waals surface area contributed by atoms with Crippen molar-refractivity contribution < 1.29 is 20.6 Å². The lowest BCUT2D eigenvalue weighted by molar-refractivity contribution is 0.304. The molecule has 0 atom stereocenters. The second-order valence-electron chi connectivity index (χ2n) is 6.32. The maximum absolute atomic E-state index is 7.70. The summed E-state index contributed by atoms with van der Waals surface area (Å²) in [6, 6.07) is 0. The molecule has 0 saturated carbocycles. The van der Waals surface area contributed by atoms with Crippen molar-refractivity contribution in [3.8, 4) is 0 Å². The summed E-state index contributed by atoms with van der Waals surface area (Å²) in [5, 5.41) is 0. The molecule has 0 spiro atoms. The van der Waals surface area contributed by atoms with Gasteiger partial charge in [-0.1, -0.05) is 6.55 Å². The quantitative estimate of drug-likeness (QED) is 0.622. The molecule has 0 aromatic carbocycles. The Bertz CT molecular complexity index is 436. The third-order valence-electron chi connectivity index (χ3n) is 1.83. The molecule has 116 valence electrons. The van der Waals surface area contributed by atoms with Gasteiger partial charge in [0.25, 0.3) is 0 Å². The van der Waals surface area contributed by atoms with Crippen molar-refractivity contribution >= 4 is 43.6 Å². The first-order valence-corrected chi connectivity index (χ1v) is 19.1. The molecule has 0 N–H and O–H groups in total. The van der Waals surface area contributed by atoms with Crippen LogP contribution in [-0.4, -0.2) is 46.1 Å². The molecule has 0 bridgehead atoms. The van der Waals surface area contributed by atoms with Crippen LogP contribution in [0.15, 0.2) is 0 Å². The lowest BCUT2D eigenvalue weighted by Gasteiger charge is -2.39. The highest BCUT2D eigenvalue weighted by atomic mass is 28.5. The van der Waals surface area contributed by atoms with Crippen LogP contribution in [0, 0.1) is 0 Å². The van der Waals surface area contributed by atoms with Crippen molar-refractivity contribution in [3.05, 3.63) is 0 Å². The Hall–Kier alpha value is 0.924. The molecule has 0 rings (SSSR count). The van der Waals surface area contributed by atoms with E-state index in [-0.39, 0.29) is 0 Å². The normalized spacial score (nSPS) is 20.2. The van der Waals surface area contributed by atoms with Gasteiger partial charge in [0.2, 0.25) is 0 Å². The highest BCUT2D eigenvalue weighted by Gasteiger charge is 2.42. The average molecular weight is 362 g/mol. The van der Waals surface area contributed by atoms with Crippen molar-refractivity contribution in [1.82, 2.24) is 0 Å². The number of hydrogen-bond donors (Lipinski definition) is 0. The van der Waals surface area contributed by atoms with Crippen molar-refractivity contribution in [2.45, 2.75) is 65.4 Å². The minimum atomic E-state index is -3.20. The van der Waals surface area contributed by atoms with E-state index in [2.05, 4.69) is 0 Å². The zero-order valence-electron chi connectivity index (χ0n) is 18.6. The largest absolute Gasteiger partial charge is 0.442 e. The molecule has 0 aliphatic rings. The van der Waals surface area contributed by atoms with Gasteiger partial charge in [-0.25, -0.2) is 0 Å². The topological polar surface area (TPSA) is 36.9 Å². The lowest BCUT2D eigenvalue weighted by Crippen LogP contribution is -2.56. The van der Waals surface area contributed by atoms with E-state index in [1.165, 1.54) is 6.55 Å². The Balaban J connectivity index is 5.08. The van der Waals surface area contributed by atoms with Crippen LogP contribution in [0.3, 0.4) is 0 Å². The predicted octanol–water partition coefficient (Wildman–Crippen LogP) is 3.13. The van der Waals surface area contributed by atoms with Gasteiger partial charge < -0.3 is 16.5 Å². The van der Waals surface area contributed by atoms with E-state index in [4.69, 9.17) is 23.0 Å². The fraction of sp³-hybridized carbons (Fsp3) is 1.00. The fourth-order valence-corrected chi connectivity index (χ4v) is 20.1. The minimum Gasteiger partial charge on any atom is -0.442 e. The zero-order chi connectivity index (χ0) is 19.8. The van der Waals surface area contributed by atoms with Crippen LogP contribution in [0.4, 0.5) is 0 Å². The first-order chi connectivity index (χ1) is 10.1. The van der Waals surface area contributed by atoms with Gasteiger partial charge in [-0.3, -0.25) is 0 Å². The van der Waals surface area contributed by atoms with Crippen LogP contribution in [0.5, 0.6) is 0 Å². The molecule has 0 aromatic heterocycles. The van der Waals surface area contributed by atoms with E-state index in [0.717, 1.165) is 0 Å². The molecule has 0 radical (unpaired) electrons. The summed E-state index contributed by atoms with van der Waals surface area (Å²) in [6.07, 6.45) is 0. The molecule has 0 fully saturated rings. The van der Waals surface area contributed by atoms with E-state index in [1.54, 1.807) is 26.2 Å². The third kappa shape index (κ3) is 10.3. The Morgan fingerprint density at radius 2 is 1.21 bits per heavy atom. The van der Waals surface area contributed by atoms with Gasteiger partial charge in [0.15, 0.2) is 8.32 Å². The van der Waals surface area contributed by atoms with Gasteiger partial charge in [-0.2, -0.15) is 0 Å². The van der Waals surface area contributed by atoms with Gasteiger partial charge in [0, 0.05) is 6.58 Å². The van der Waals surface area contributed by atoms with Gasteiger partial charge in [0.05, 0.1) is 0 Å². The Kier molecular flexibility index (Phi) is 4.46. The van der Waals surface area contributed by atoms with Gasteiger partial charge in [-0.15, -0.1) is 0 Å². The Morgan fingerprint density at radius 1 is 0.789 bits per heavy atom. The summed E-state index contributed by atoms with van der Waals surface area (Å²) in [6.45, 7) is 13.7. The molecular formula is C10H32O4Si5. The fourth-order valence-electron chi connectivity index (χ4n) is 2.11. The Labute approximate surface area is 132 Å². The first-order valence-electron chi connectivity index (χ1n) is 8.88. The minimum absolute atomic E-state index is 1.48. The van der Waals surface area contributed by atoms with Crippen LogP contribution < -0.4 is 0 Å². The molecule has 0 heterocycles. The highest BCUT2D eigenvalue weighted by molar-refractivity contribution is 6.88. The molecule has 19 heavy (non-hydrogen) atoms. The van der Waals surface area contributed by atoms with Crippen LogP contribution >= 0.6 is 0 Å². The van der Waals surface area contributed by atoms with E-state index < -0.39 is 50.1 Å². The van der Waals surface area contributed by atoms with Crippen molar-refractivity contribution in [2.75, 3.05) is 0 Å². The average Bonchev–Trinajstić information content (AvgIpc) is 2.02. The molecule has 0 aliphatic heterocycles. The molecule has 0 unspecified atom stereocenters. The van der Waals surface area contributed by atoms with E-state index in [9.17, 15) is 0 Å². The molecule has 9 heteroatoms. The van der Waals surface area contributed by atoms with Crippen LogP contribution in [0.1, 0.15) is 4.11 Å². The lowest BCUT2D eigenvalue weighted by atomic mass is 11.8. The van der Waals surface area contributed by atoms with Crippen molar-refractivity contribution in [2.24, 2.45) is 0 Å². The van der Waals surface area contributed by atoms with Crippen LogP contribution in [0.2, 0.25) is 65.4 Å². The summed E-state index contributed by atoms with van der Waals surface area (Å²) in [5.41, 5.74) is 0. The third-order valence-corrected chi connectivity index (χ3v) is 16.5. The van der Waals surface area contributed by atoms with E-state index in [1.807, 2.05) is 26.2 Å². The van der Waals surface area contributed by atoms with Gasteiger partial charge in [0.1, 0.15) is 9.63 Å². The molecule has 4 nitrogen and oxygen atoms in total. The number of rotatable bonds is 8. The molecule has 0 aliphatic carbocycles. The predicted molar refractivity (Wildman–Crippen MR) is 94.5 cm³/mol. The summed E-state index contributed by atoms with van der Waals surface area (Å²) < 4.78 is 62.2. The maximum Gasteiger partial charge on any atom is 0.314 e. The molecule has 0 amide bonds. The van der Waals surface area contributed by atoms with Crippen LogP contribution in [0.25, 0.3) is 0 Å². The van der Waals surface area contributed by atoms with E-state index >= 15 is 0 Å². The maximum atomic E-state index is 7.70. The Morgan fingerprint density at radius 3 is 1.63 bits per heavy atom.